The van der Waals surface area contributed by atoms with Crippen LogP contribution in [0.1, 0.15) is 59.4 Å². The van der Waals surface area contributed by atoms with Gasteiger partial charge >= 0.3 is 0 Å². The first-order valence-electron chi connectivity index (χ1n) is 11.8. The zero-order chi connectivity index (χ0) is 22.9. The van der Waals surface area contributed by atoms with Crippen LogP contribution in [0.15, 0.2) is 35.2 Å². The van der Waals surface area contributed by atoms with Crippen LogP contribution in [-0.2, 0) is 23.5 Å². The molecule has 3 heterocycles. The molecule has 6 nitrogen and oxygen atoms in total. The Bertz CT molecular complexity index is 1060. The monoisotopic (exact) mass is 457 g/mol. The highest BCUT2D eigenvalue weighted by Crippen LogP contribution is 2.33. The Kier molecular flexibility index (Phi) is 6.77. The second-order valence-corrected chi connectivity index (χ2v) is 11.2. The summed E-state index contributed by atoms with van der Waals surface area (Å²) in [5.41, 5.74) is 3.06. The van der Waals surface area contributed by atoms with Gasteiger partial charge in [0.25, 0.3) is 5.91 Å². The lowest BCUT2D eigenvalue weighted by molar-refractivity contribution is 0.0719. The normalized spacial score (nSPS) is 18.8. The number of nitrogens with zero attached hydrogens (tertiary/aromatic N) is 3. The quantitative estimate of drug-likeness (QED) is 0.684. The number of hydrogen-bond donors (Lipinski definition) is 0. The van der Waals surface area contributed by atoms with Gasteiger partial charge in [-0.25, -0.2) is 8.42 Å². The van der Waals surface area contributed by atoms with Crippen molar-refractivity contribution in [3.63, 3.8) is 0 Å². The summed E-state index contributed by atoms with van der Waals surface area (Å²) in [6.45, 7) is 6.09. The van der Waals surface area contributed by atoms with Crippen LogP contribution in [0.2, 0.25) is 0 Å². The average molecular weight is 458 g/mol. The number of hydrogen-bond acceptors (Lipinski definition) is 3. The molecule has 32 heavy (non-hydrogen) atoms. The second-order valence-electron chi connectivity index (χ2n) is 9.32. The third-order valence-electron chi connectivity index (χ3n) is 7.32. The van der Waals surface area contributed by atoms with E-state index in [1.807, 2.05) is 36.4 Å². The van der Waals surface area contributed by atoms with E-state index in [4.69, 9.17) is 0 Å². The van der Waals surface area contributed by atoms with Crippen molar-refractivity contribution in [1.82, 2.24) is 13.8 Å². The molecule has 2 aliphatic rings. The molecule has 2 fully saturated rings. The van der Waals surface area contributed by atoms with E-state index in [0.717, 1.165) is 44.2 Å². The molecule has 1 aromatic heterocycles. The van der Waals surface area contributed by atoms with E-state index < -0.39 is 10.0 Å². The molecule has 1 amide bonds. The van der Waals surface area contributed by atoms with Gasteiger partial charge in [-0.1, -0.05) is 30.3 Å². The van der Waals surface area contributed by atoms with Crippen molar-refractivity contribution >= 4 is 15.9 Å². The smallest absolute Gasteiger partial charge is 0.257 e. The first-order chi connectivity index (χ1) is 15.3. The number of carbonyl (C=O) groups is 1. The minimum atomic E-state index is -3.74. The van der Waals surface area contributed by atoms with E-state index in [9.17, 15) is 13.2 Å². The summed E-state index contributed by atoms with van der Waals surface area (Å²) in [6, 6.07) is 10.4. The Morgan fingerprint density at radius 2 is 1.56 bits per heavy atom. The van der Waals surface area contributed by atoms with Crippen LogP contribution in [0.25, 0.3) is 0 Å². The van der Waals surface area contributed by atoms with Crippen molar-refractivity contribution in [3.8, 4) is 0 Å². The standard InChI is InChI=1S/C25H35N3O3S/c1-19-23(25(29)27-14-8-5-9-15-27)24(20(2)26(19)3)32(30,31)28-16-12-22(13-17-28)18-21-10-6-4-7-11-21/h4,6-7,10-11,22H,5,8-9,12-18H2,1-3H3. The highest BCUT2D eigenvalue weighted by atomic mass is 32.2. The van der Waals surface area contributed by atoms with E-state index in [2.05, 4.69) is 24.3 Å². The average Bonchev–Trinajstić information content (AvgIpc) is 3.04. The van der Waals surface area contributed by atoms with Gasteiger partial charge in [0, 0.05) is 44.6 Å². The van der Waals surface area contributed by atoms with Gasteiger partial charge in [-0.15, -0.1) is 0 Å². The topological polar surface area (TPSA) is 62.6 Å². The predicted octanol–water partition coefficient (Wildman–Crippen LogP) is 3.91. The number of piperidine rings is 2. The van der Waals surface area contributed by atoms with Gasteiger partial charge in [0.05, 0.1) is 5.56 Å². The van der Waals surface area contributed by atoms with Gasteiger partial charge in [-0.3, -0.25) is 4.79 Å². The lowest BCUT2D eigenvalue weighted by Gasteiger charge is -2.32. The minimum Gasteiger partial charge on any atom is -0.350 e. The molecule has 174 valence electrons. The van der Waals surface area contributed by atoms with Crippen molar-refractivity contribution in [2.45, 2.75) is 57.3 Å². The molecule has 0 unspecified atom stereocenters. The number of benzene rings is 1. The Morgan fingerprint density at radius 3 is 2.19 bits per heavy atom. The van der Waals surface area contributed by atoms with E-state index in [-0.39, 0.29) is 10.8 Å². The van der Waals surface area contributed by atoms with Gasteiger partial charge in [0.2, 0.25) is 10.0 Å². The molecule has 0 saturated carbocycles. The lowest BCUT2D eigenvalue weighted by atomic mass is 9.91. The zero-order valence-electron chi connectivity index (χ0n) is 19.5. The number of aromatic nitrogens is 1. The summed E-state index contributed by atoms with van der Waals surface area (Å²) in [6.07, 6.45) is 5.75. The molecule has 0 aliphatic carbocycles. The first-order valence-corrected chi connectivity index (χ1v) is 13.2. The molecule has 1 aromatic carbocycles. The second kappa shape index (κ2) is 9.40. The molecule has 4 rings (SSSR count). The molecule has 2 aliphatic heterocycles. The first kappa shape index (κ1) is 23.1. The maximum atomic E-state index is 13.8. The molecular formula is C25H35N3O3S. The Labute approximate surface area is 192 Å². The van der Waals surface area contributed by atoms with E-state index >= 15 is 0 Å². The summed E-state index contributed by atoms with van der Waals surface area (Å²) < 4.78 is 31.0. The molecule has 0 atom stereocenters. The van der Waals surface area contributed by atoms with Crippen molar-refractivity contribution in [1.29, 1.82) is 0 Å². The molecule has 2 saturated heterocycles. The zero-order valence-corrected chi connectivity index (χ0v) is 20.3. The van der Waals surface area contributed by atoms with Crippen LogP contribution in [0.3, 0.4) is 0 Å². The number of sulfonamides is 1. The van der Waals surface area contributed by atoms with Crippen LogP contribution < -0.4 is 0 Å². The molecule has 0 bridgehead atoms. The molecule has 0 spiro atoms. The van der Waals surface area contributed by atoms with E-state index in [0.29, 0.717) is 43.4 Å². The van der Waals surface area contributed by atoms with Crippen LogP contribution in [-0.4, -0.2) is 54.3 Å². The number of carbonyl (C=O) groups excluding carboxylic acids is 1. The molecule has 7 heteroatoms. The summed E-state index contributed by atoms with van der Waals surface area (Å²) in [7, 11) is -1.89. The summed E-state index contributed by atoms with van der Waals surface area (Å²) in [4.78, 5) is 15.5. The third-order valence-corrected chi connectivity index (χ3v) is 9.38. The Hall–Kier alpha value is -2.12. The van der Waals surface area contributed by atoms with E-state index in [1.165, 1.54) is 5.56 Å². The third kappa shape index (κ3) is 4.37. The maximum Gasteiger partial charge on any atom is 0.257 e. The predicted molar refractivity (Wildman–Crippen MR) is 126 cm³/mol. The molecule has 2 aromatic rings. The highest BCUT2D eigenvalue weighted by Gasteiger charge is 2.38. The molecule has 0 N–H and O–H groups in total. The Morgan fingerprint density at radius 1 is 0.938 bits per heavy atom. The van der Waals surface area contributed by atoms with Crippen LogP contribution in [0, 0.1) is 19.8 Å². The van der Waals surface area contributed by atoms with Gasteiger partial charge < -0.3 is 9.47 Å². The van der Waals surface area contributed by atoms with Crippen LogP contribution in [0.4, 0.5) is 0 Å². The van der Waals surface area contributed by atoms with Gasteiger partial charge in [-0.05, 0) is 63.9 Å². The molecule has 0 radical (unpaired) electrons. The largest absolute Gasteiger partial charge is 0.350 e. The fourth-order valence-electron chi connectivity index (χ4n) is 5.17. The minimum absolute atomic E-state index is 0.136. The highest BCUT2D eigenvalue weighted by molar-refractivity contribution is 7.89. The Balaban J connectivity index is 1.56. The lowest BCUT2D eigenvalue weighted by Crippen LogP contribution is -2.41. The van der Waals surface area contributed by atoms with Crippen molar-refractivity contribution in [3.05, 3.63) is 52.8 Å². The van der Waals surface area contributed by atoms with Gasteiger partial charge in [0.15, 0.2) is 0 Å². The van der Waals surface area contributed by atoms with Crippen molar-refractivity contribution in [2.75, 3.05) is 26.2 Å². The molecular weight excluding hydrogens is 422 g/mol. The van der Waals surface area contributed by atoms with Crippen molar-refractivity contribution in [2.24, 2.45) is 13.0 Å². The SMILES string of the molecule is Cc1c(C(=O)N2CCCCC2)c(S(=O)(=O)N2CCC(Cc3ccccc3)CC2)c(C)n1C. The van der Waals surface area contributed by atoms with E-state index in [1.54, 1.807) is 4.31 Å². The number of amides is 1. The number of rotatable bonds is 5. The fourth-order valence-corrected chi connectivity index (χ4v) is 7.12. The maximum absolute atomic E-state index is 13.8. The summed E-state index contributed by atoms with van der Waals surface area (Å²) >= 11 is 0. The van der Waals surface area contributed by atoms with Crippen molar-refractivity contribution < 1.29 is 13.2 Å². The number of likely N-dealkylation sites (tertiary alicyclic amines) is 1. The summed E-state index contributed by atoms with van der Waals surface area (Å²) in [5, 5.41) is 0. The fraction of sp³-hybridized carbons (Fsp3) is 0.560. The van der Waals surface area contributed by atoms with Gasteiger partial charge in [0.1, 0.15) is 4.90 Å². The summed E-state index contributed by atoms with van der Waals surface area (Å²) in [5.74, 6) is 0.348. The van der Waals surface area contributed by atoms with Gasteiger partial charge in [-0.2, -0.15) is 4.31 Å². The van der Waals surface area contributed by atoms with Crippen LogP contribution >= 0.6 is 0 Å². The van der Waals surface area contributed by atoms with Crippen LogP contribution in [0.5, 0.6) is 0 Å².